The number of para-hydroxylation sites is 1. The van der Waals surface area contributed by atoms with Gasteiger partial charge >= 0.3 is 0 Å². The Labute approximate surface area is 89.4 Å². The minimum Gasteiger partial charge on any atom is -0.365 e. The molecular formula is C12H14N2O. The quantitative estimate of drug-likeness (QED) is 0.745. The van der Waals surface area contributed by atoms with Crippen molar-refractivity contribution in [2.24, 2.45) is 0 Å². The van der Waals surface area contributed by atoms with E-state index in [1.54, 1.807) is 11.0 Å². The molecule has 0 radical (unpaired) electrons. The van der Waals surface area contributed by atoms with Gasteiger partial charge in [-0.05, 0) is 19.1 Å². The maximum absolute atomic E-state index is 12.1. The number of nitrogens with one attached hydrogen (secondary N) is 1. The Hall–Kier alpha value is -1.77. The number of hydrogen-bond acceptors (Lipinski definition) is 2. The van der Waals surface area contributed by atoms with E-state index >= 15 is 0 Å². The van der Waals surface area contributed by atoms with Gasteiger partial charge in [-0.2, -0.15) is 0 Å². The van der Waals surface area contributed by atoms with Crippen LogP contribution in [0.15, 0.2) is 36.9 Å². The summed E-state index contributed by atoms with van der Waals surface area (Å²) in [5, 5.41) is 3.28. The maximum atomic E-state index is 12.1. The van der Waals surface area contributed by atoms with Crippen LogP contribution in [-0.4, -0.2) is 23.5 Å². The van der Waals surface area contributed by atoms with Crippen LogP contribution >= 0.6 is 0 Å². The SMILES string of the molecule is C=CCN1C(=O)c2ccccc2N[C@@H]1C. The van der Waals surface area contributed by atoms with Crippen molar-refractivity contribution in [1.82, 2.24) is 4.90 Å². The standard InChI is InChI=1S/C12H14N2O/c1-3-8-14-9(2)13-11-7-5-4-6-10(11)12(14)15/h3-7,9,13H,1,8H2,2H3/t9-/m0/s1. The zero-order chi connectivity index (χ0) is 10.8. The van der Waals surface area contributed by atoms with Crippen molar-refractivity contribution in [3.8, 4) is 0 Å². The molecule has 0 fully saturated rings. The molecule has 1 N–H and O–H groups in total. The lowest BCUT2D eigenvalue weighted by Crippen LogP contribution is -2.46. The molecule has 0 aliphatic carbocycles. The number of carbonyl (C=O) groups excluding carboxylic acids is 1. The number of fused-ring (bicyclic) bond motifs is 1. The predicted octanol–water partition coefficient (Wildman–Crippen LogP) is 2.09. The van der Waals surface area contributed by atoms with Gasteiger partial charge in [0.15, 0.2) is 0 Å². The van der Waals surface area contributed by atoms with Crippen LogP contribution in [0.4, 0.5) is 5.69 Å². The van der Waals surface area contributed by atoms with E-state index in [0.29, 0.717) is 6.54 Å². The average molecular weight is 202 g/mol. The van der Waals surface area contributed by atoms with Crippen LogP contribution in [0, 0.1) is 0 Å². The van der Waals surface area contributed by atoms with E-state index in [2.05, 4.69) is 11.9 Å². The van der Waals surface area contributed by atoms with Crippen LogP contribution < -0.4 is 5.32 Å². The van der Waals surface area contributed by atoms with Gasteiger partial charge in [0, 0.05) is 12.2 Å². The molecule has 3 heteroatoms. The highest BCUT2D eigenvalue weighted by atomic mass is 16.2. The van der Waals surface area contributed by atoms with Gasteiger partial charge in [-0.25, -0.2) is 0 Å². The molecule has 0 bridgehead atoms. The van der Waals surface area contributed by atoms with Gasteiger partial charge in [-0.1, -0.05) is 18.2 Å². The summed E-state index contributed by atoms with van der Waals surface area (Å²) in [6, 6.07) is 7.57. The van der Waals surface area contributed by atoms with E-state index in [1.165, 1.54) is 0 Å². The predicted molar refractivity (Wildman–Crippen MR) is 60.8 cm³/mol. The number of benzene rings is 1. The average Bonchev–Trinajstić information content (AvgIpc) is 2.24. The number of hydrogen-bond donors (Lipinski definition) is 1. The van der Waals surface area contributed by atoms with Gasteiger partial charge in [-0.3, -0.25) is 4.79 Å². The first kappa shape index (κ1) is 9.77. The van der Waals surface area contributed by atoms with Gasteiger partial charge in [0.1, 0.15) is 0 Å². The molecule has 0 saturated carbocycles. The Morgan fingerprint density at radius 3 is 3.00 bits per heavy atom. The molecule has 1 aliphatic heterocycles. The van der Waals surface area contributed by atoms with Crippen LogP contribution in [0.5, 0.6) is 0 Å². The van der Waals surface area contributed by atoms with Crippen LogP contribution in [0.25, 0.3) is 0 Å². The second kappa shape index (κ2) is 3.77. The van der Waals surface area contributed by atoms with E-state index in [1.807, 2.05) is 31.2 Å². The second-order valence-corrected chi connectivity index (χ2v) is 3.61. The molecule has 15 heavy (non-hydrogen) atoms. The van der Waals surface area contributed by atoms with E-state index < -0.39 is 0 Å². The molecular weight excluding hydrogens is 188 g/mol. The Bertz CT molecular complexity index is 400. The molecule has 1 aromatic carbocycles. The largest absolute Gasteiger partial charge is 0.365 e. The molecule has 78 valence electrons. The molecule has 0 unspecified atom stereocenters. The first-order valence-electron chi connectivity index (χ1n) is 5.01. The highest BCUT2D eigenvalue weighted by Gasteiger charge is 2.27. The highest BCUT2D eigenvalue weighted by molar-refractivity contribution is 6.01. The summed E-state index contributed by atoms with van der Waals surface area (Å²) in [6.07, 6.45) is 1.76. The van der Waals surface area contributed by atoms with Crippen molar-refractivity contribution in [2.45, 2.75) is 13.1 Å². The number of nitrogens with zero attached hydrogens (tertiary/aromatic N) is 1. The maximum Gasteiger partial charge on any atom is 0.257 e. The summed E-state index contributed by atoms with van der Waals surface area (Å²) in [5.74, 6) is 0.0664. The first-order chi connectivity index (χ1) is 7.24. The van der Waals surface area contributed by atoms with E-state index in [0.717, 1.165) is 11.3 Å². The summed E-state index contributed by atoms with van der Waals surface area (Å²) in [5.41, 5.74) is 1.65. The van der Waals surface area contributed by atoms with Crippen LogP contribution in [0.1, 0.15) is 17.3 Å². The molecule has 0 aromatic heterocycles. The van der Waals surface area contributed by atoms with Crippen molar-refractivity contribution in [3.05, 3.63) is 42.5 Å². The fourth-order valence-electron chi connectivity index (χ4n) is 1.81. The van der Waals surface area contributed by atoms with Crippen LogP contribution in [-0.2, 0) is 0 Å². The number of rotatable bonds is 2. The smallest absolute Gasteiger partial charge is 0.257 e. The third-order valence-electron chi connectivity index (χ3n) is 2.58. The van der Waals surface area contributed by atoms with Crippen molar-refractivity contribution >= 4 is 11.6 Å². The summed E-state index contributed by atoms with van der Waals surface area (Å²) >= 11 is 0. The minimum absolute atomic E-state index is 0.0189. The molecule has 1 aliphatic rings. The molecule has 0 saturated heterocycles. The monoisotopic (exact) mass is 202 g/mol. The van der Waals surface area contributed by atoms with E-state index in [4.69, 9.17) is 0 Å². The Kier molecular flexibility index (Phi) is 2.46. The molecule has 2 rings (SSSR count). The van der Waals surface area contributed by atoms with Crippen molar-refractivity contribution < 1.29 is 4.79 Å². The van der Waals surface area contributed by atoms with Crippen molar-refractivity contribution in [3.63, 3.8) is 0 Å². The van der Waals surface area contributed by atoms with Crippen molar-refractivity contribution in [1.29, 1.82) is 0 Å². The van der Waals surface area contributed by atoms with Crippen LogP contribution in [0.3, 0.4) is 0 Å². The second-order valence-electron chi connectivity index (χ2n) is 3.61. The third kappa shape index (κ3) is 1.61. The Balaban J connectivity index is 2.38. The summed E-state index contributed by atoms with van der Waals surface area (Å²) in [4.78, 5) is 13.8. The molecule has 0 spiro atoms. The summed E-state index contributed by atoms with van der Waals surface area (Å²) in [7, 11) is 0. The van der Waals surface area contributed by atoms with Gasteiger partial charge in [-0.15, -0.1) is 6.58 Å². The molecule has 1 heterocycles. The third-order valence-corrected chi connectivity index (χ3v) is 2.58. The van der Waals surface area contributed by atoms with Crippen LogP contribution in [0.2, 0.25) is 0 Å². The number of amides is 1. The lowest BCUT2D eigenvalue weighted by atomic mass is 10.1. The van der Waals surface area contributed by atoms with Crippen molar-refractivity contribution in [2.75, 3.05) is 11.9 Å². The number of anilines is 1. The first-order valence-corrected chi connectivity index (χ1v) is 5.01. The summed E-state index contributed by atoms with van der Waals surface area (Å²) in [6.45, 7) is 6.20. The highest BCUT2D eigenvalue weighted by Crippen LogP contribution is 2.24. The lowest BCUT2D eigenvalue weighted by molar-refractivity contribution is 0.0721. The van der Waals surface area contributed by atoms with E-state index in [-0.39, 0.29) is 12.1 Å². The molecule has 1 amide bonds. The lowest BCUT2D eigenvalue weighted by Gasteiger charge is -2.35. The molecule has 1 atom stereocenters. The fourth-order valence-corrected chi connectivity index (χ4v) is 1.81. The van der Waals surface area contributed by atoms with Gasteiger partial charge in [0.25, 0.3) is 5.91 Å². The summed E-state index contributed by atoms with van der Waals surface area (Å²) < 4.78 is 0. The van der Waals surface area contributed by atoms with E-state index in [9.17, 15) is 4.79 Å². The fraction of sp³-hybridized carbons (Fsp3) is 0.250. The Morgan fingerprint density at radius 2 is 2.27 bits per heavy atom. The zero-order valence-corrected chi connectivity index (χ0v) is 8.73. The topological polar surface area (TPSA) is 32.3 Å². The molecule has 3 nitrogen and oxygen atoms in total. The molecule has 1 aromatic rings. The number of carbonyl (C=O) groups is 1. The van der Waals surface area contributed by atoms with Gasteiger partial charge < -0.3 is 10.2 Å². The zero-order valence-electron chi connectivity index (χ0n) is 8.73. The van der Waals surface area contributed by atoms with Gasteiger partial charge in [0.2, 0.25) is 0 Å². The minimum atomic E-state index is 0.0189. The Morgan fingerprint density at radius 1 is 1.53 bits per heavy atom. The normalized spacial score (nSPS) is 19.4. The van der Waals surface area contributed by atoms with Gasteiger partial charge in [0.05, 0.1) is 11.7 Å².